The summed E-state index contributed by atoms with van der Waals surface area (Å²) in [6, 6.07) is 17.3. The van der Waals surface area contributed by atoms with Crippen molar-refractivity contribution in [2.75, 3.05) is 0 Å². The van der Waals surface area contributed by atoms with Gasteiger partial charge in [-0.05, 0) is 25.1 Å². The van der Waals surface area contributed by atoms with Gasteiger partial charge in [-0.3, -0.25) is 0 Å². The zero-order valence-electron chi connectivity index (χ0n) is 9.97. The zero-order valence-corrected chi connectivity index (χ0v) is 10.8. The first-order valence-corrected chi connectivity index (χ1v) is 6.52. The number of hydrogen-bond donors (Lipinski definition) is 0. The Labute approximate surface area is 105 Å². The lowest BCUT2D eigenvalue weighted by Gasteiger charge is -1.95. The average molecular weight is 240 g/mol. The van der Waals surface area contributed by atoms with Gasteiger partial charge in [0.1, 0.15) is 11.7 Å². The summed E-state index contributed by atoms with van der Waals surface area (Å²) in [6.07, 6.45) is 0. The van der Waals surface area contributed by atoms with Crippen molar-refractivity contribution in [2.24, 2.45) is 7.05 Å². The molecule has 1 nitrogen and oxygen atoms in total. The molecular weight excluding hydrogens is 226 g/mol. The Balaban J connectivity index is 2.24. The van der Waals surface area contributed by atoms with E-state index in [0.717, 1.165) is 0 Å². The highest BCUT2D eigenvalue weighted by Gasteiger charge is 2.17. The van der Waals surface area contributed by atoms with Crippen molar-refractivity contribution in [3.63, 3.8) is 0 Å². The summed E-state index contributed by atoms with van der Waals surface area (Å²) in [5.41, 5.74) is 3.89. The van der Waals surface area contributed by atoms with E-state index in [9.17, 15) is 0 Å². The summed E-state index contributed by atoms with van der Waals surface area (Å²) in [5.74, 6) is 0. The first-order chi connectivity index (χ1) is 8.25. The molecule has 1 heterocycles. The highest BCUT2D eigenvalue weighted by atomic mass is 32.1. The fraction of sp³-hybridized carbons (Fsp3) is 0.133. The minimum absolute atomic E-state index is 1.29. The second kappa shape index (κ2) is 3.97. The van der Waals surface area contributed by atoms with Crippen molar-refractivity contribution in [1.82, 2.24) is 0 Å². The molecule has 0 bridgehead atoms. The van der Waals surface area contributed by atoms with Crippen molar-refractivity contribution in [1.29, 1.82) is 0 Å². The van der Waals surface area contributed by atoms with Gasteiger partial charge >= 0.3 is 0 Å². The van der Waals surface area contributed by atoms with Gasteiger partial charge in [0.25, 0.3) is 5.01 Å². The third-order valence-corrected chi connectivity index (χ3v) is 4.30. The van der Waals surface area contributed by atoms with Crippen molar-refractivity contribution >= 4 is 21.6 Å². The van der Waals surface area contributed by atoms with E-state index in [1.54, 1.807) is 0 Å². The molecule has 0 N–H and O–H groups in total. The Hall–Kier alpha value is -1.67. The Morgan fingerprint density at radius 3 is 2.35 bits per heavy atom. The molecule has 0 aliphatic rings. The largest absolute Gasteiger partial charge is 0.269 e. The van der Waals surface area contributed by atoms with Gasteiger partial charge in [0.05, 0.1) is 5.56 Å². The van der Waals surface area contributed by atoms with Gasteiger partial charge < -0.3 is 0 Å². The minimum atomic E-state index is 1.29. The number of fused-ring (bicyclic) bond motifs is 1. The second-order valence-electron chi connectivity index (χ2n) is 4.30. The SMILES string of the molecule is Cc1ccc(-c2sc3ccccc3[n+]2C)cc1. The maximum Gasteiger partial charge on any atom is 0.269 e. The molecule has 0 spiro atoms. The Morgan fingerprint density at radius 1 is 0.941 bits per heavy atom. The Kier molecular flexibility index (Phi) is 2.45. The molecule has 0 saturated heterocycles. The van der Waals surface area contributed by atoms with Gasteiger partial charge in [0.15, 0.2) is 0 Å². The zero-order chi connectivity index (χ0) is 11.8. The van der Waals surface area contributed by atoms with Gasteiger partial charge in [0.2, 0.25) is 5.52 Å². The molecule has 0 fully saturated rings. The van der Waals surface area contributed by atoms with E-state index in [1.165, 1.54) is 26.4 Å². The van der Waals surface area contributed by atoms with Gasteiger partial charge in [-0.15, -0.1) is 0 Å². The number of aromatic nitrogens is 1. The molecule has 1 aromatic heterocycles. The Bertz CT molecular complexity index is 665. The predicted octanol–water partition coefficient (Wildman–Crippen LogP) is 3.70. The summed E-state index contributed by atoms with van der Waals surface area (Å²) >= 11 is 1.85. The molecule has 0 atom stereocenters. The van der Waals surface area contributed by atoms with Crippen LogP contribution < -0.4 is 4.57 Å². The fourth-order valence-electron chi connectivity index (χ4n) is 2.05. The molecule has 17 heavy (non-hydrogen) atoms. The van der Waals surface area contributed by atoms with Gasteiger partial charge in [0, 0.05) is 6.07 Å². The van der Waals surface area contributed by atoms with Crippen molar-refractivity contribution in [3.8, 4) is 10.6 Å². The molecule has 0 amide bonds. The molecule has 0 aliphatic heterocycles. The average Bonchev–Trinajstić information content (AvgIpc) is 2.69. The van der Waals surface area contributed by atoms with Crippen molar-refractivity contribution < 1.29 is 4.57 Å². The summed E-state index contributed by atoms with van der Waals surface area (Å²) in [6.45, 7) is 2.12. The summed E-state index contributed by atoms with van der Waals surface area (Å²) in [5, 5.41) is 1.31. The van der Waals surface area contributed by atoms with Crippen LogP contribution in [0.2, 0.25) is 0 Å². The van der Waals surface area contributed by atoms with Crippen LogP contribution >= 0.6 is 11.3 Å². The quantitative estimate of drug-likeness (QED) is 0.571. The lowest BCUT2D eigenvalue weighted by atomic mass is 10.1. The molecule has 0 unspecified atom stereocenters. The Morgan fingerprint density at radius 2 is 1.65 bits per heavy atom. The van der Waals surface area contributed by atoms with Crippen LogP contribution in [0, 0.1) is 6.92 Å². The van der Waals surface area contributed by atoms with Gasteiger partial charge in [-0.25, -0.2) is 0 Å². The number of thiazole rings is 1. The van der Waals surface area contributed by atoms with Crippen LogP contribution in [-0.4, -0.2) is 0 Å². The van der Waals surface area contributed by atoms with E-state index in [-0.39, 0.29) is 0 Å². The van der Waals surface area contributed by atoms with E-state index in [2.05, 4.69) is 67.1 Å². The normalized spacial score (nSPS) is 10.9. The van der Waals surface area contributed by atoms with E-state index in [4.69, 9.17) is 0 Å². The minimum Gasteiger partial charge on any atom is -0.184 e. The van der Waals surface area contributed by atoms with Gasteiger partial charge in [-0.1, -0.05) is 41.2 Å². The summed E-state index contributed by atoms with van der Waals surface area (Å²) < 4.78 is 3.61. The molecular formula is C15H14NS+. The number of nitrogens with zero attached hydrogens (tertiary/aromatic N) is 1. The number of rotatable bonds is 1. The van der Waals surface area contributed by atoms with E-state index in [0.29, 0.717) is 0 Å². The maximum absolute atomic E-state index is 2.27. The first kappa shape index (κ1) is 10.5. The predicted molar refractivity (Wildman–Crippen MR) is 73.2 cm³/mol. The van der Waals surface area contributed by atoms with E-state index >= 15 is 0 Å². The van der Waals surface area contributed by atoms with Crippen LogP contribution in [0.4, 0.5) is 0 Å². The number of hydrogen-bond acceptors (Lipinski definition) is 1. The summed E-state index contributed by atoms with van der Waals surface area (Å²) in [7, 11) is 2.13. The molecule has 3 rings (SSSR count). The molecule has 0 saturated carbocycles. The van der Waals surface area contributed by atoms with E-state index < -0.39 is 0 Å². The van der Waals surface area contributed by atoms with E-state index in [1.807, 2.05) is 11.3 Å². The molecule has 0 radical (unpaired) electrons. The molecule has 2 aromatic carbocycles. The lowest BCUT2D eigenvalue weighted by Crippen LogP contribution is -2.28. The monoisotopic (exact) mass is 240 g/mol. The molecule has 0 aliphatic carbocycles. The van der Waals surface area contributed by atoms with Crippen molar-refractivity contribution in [3.05, 3.63) is 54.1 Å². The third kappa shape index (κ3) is 1.75. The molecule has 3 aromatic rings. The van der Waals surface area contributed by atoms with Crippen LogP contribution in [0.1, 0.15) is 5.56 Å². The van der Waals surface area contributed by atoms with Crippen LogP contribution in [0.3, 0.4) is 0 Å². The molecule has 2 heteroatoms. The van der Waals surface area contributed by atoms with Crippen LogP contribution in [0.5, 0.6) is 0 Å². The second-order valence-corrected chi connectivity index (χ2v) is 5.33. The number of para-hydroxylation sites is 1. The van der Waals surface area contributed by atoms with Crippen molar-refractivity contribution in [2.45, 2.75) is 6.92 Å². The van der Waals surface area contributed by atoms with Crippen LogP contribution in [-0.2, 0) is 7.05 Å². The van der Waals surface area contributed by atoms with Crippen LogP contribution in [0.25, 0.3) is 20.8 Å². The topological polar surface area (TPSA) is 3.88 Å². The molecule has 84 valence electrons. The maximum atomic E-state index is 2.27. The third-order valence-electron chi connectivity index (χ3n) is 3.04. The smallest absolute Gasteiger partial charge is 0.184 e. The van der Waals surface area contributed by atoms with Gasteiger partial charge in [-0.2, -0.15) is 4.57 Å². The first-order valence-electron chi connectivity index (χ1n) is 5.70. The number of benzene rings is 2. The standard InChI is InChI=1S/C15H14NS/c1-11-7-9-12(10-8-11)15-16(2)13-5-3-4-6-14(13)17-15/h3-10H,1-2H3/q+1. The highest BCUT2D eigenvalue weighted by Crippen LogP contribution is 2.27. The van der Waals surface area contributed by atoms with Crippen LogP contribution in [0.15, 0.2) is 48.5 Å². The number of aryl methyl sites for hydroxylation is 2. The summed E-state index contributed by atoms with van der Waals surface area (Å²) in [4.78, 5) is 0. The lowest BCUT2D eigenvalue weighted by molar-refractivity contribution is -0.629. The highest BCUT2D eigenvalue weighted by molar-refractivity contribution is 7.21. The fourth-order valence-corrected chi connectivity index (χ4v) is 3.20.